The highest BCUT2D eigenvalue weighted by molar-refractivity contribution is 5.92. The largest absolute Gasteiger partial charge is 0.492 e. The van der Waals surface area contributed by atoms with E-state index in [0.717, 1.165) is 28.7 Å². The summed E-state index contributed by atoms with van der Waals surface area (Å²) in [5, 5.41) is 6.16. The van der Waals surface area contributed by atoms with E-state index in [1.165, 1.54) is 5.01 Å². The van der Waals surface area contributed by atoms with E-state index in [-0.39, 0.29) is 30.9 Å². The molecular formula is C35H39N5O4. The maximum atomic E-state index is 14.1. The van der Waals surface area contributed by atoms with Gasteiger partial charge in [0.15, 0.2) is 0 Å². The Morgan fingerprint density at radius 1 is 1.07 bits per heavy atom. The fraction of sp³-hybridized carbons (Fsp3) is 0.343. The molecule has 9 nitrogen and oxygen atoms in total. The second-order valence-electron chi connectivity index (χ2n) is 11.2. The topological polar surface area (TPSA) is 85.4 Å². The molecule has 228 valence electrons. The lowest BCUT2D eigenvalue weighted by Gasteiger charge is -2.46. The van der Waals surface area contributed by atoms with Gasteiger partial charge in [0.05, 0.1) is 25.3 Å². The lowest BCUT2D eigenvalue weighted by Crippen LogP contribution is -2.65. The molecule has 2 saturated heterocycles. The number of nitrogens with one attached hydrogen (secondary N) is 1. The van der Waals surface area contributed by atoms with Crippen LogP contribution in [0.25, 0.3) is 0 Å². The molecule has 2 atom stereocenters. The van der Waals surface area contributed by atoms with Gasteiger partial charge in [-0.05, 0) is 47.7 Å². The SMILES string of the molecule is C#Cc1ccc(CN2C[C@H]3N(C(=O)CN3N(C)C(=O)NCc3ccccc3)[C@@H](Cc3ccccc3C)C2=O)cc1OCCC. The summed E-state index contributed by atoms with van der Waals surface area (Å²) in [4.78, 5) is 44.4. The molecule has 44 heavy (non-hydrogen) atoms. The highest BCUT2D eigenvalue weighted by Gasteiger charge is 2.51. The van der Waals surface area contributed by atoms with Crippen LogP contribution in [0.3, 0.4) is 0 Å². The van der Waals surface area contributed by atoms with Crippen molar-refractivity contribution in [3.63, 3.8) is 0 Å². The predicted octanol–water partition coefficient (Wildman–Crippen LogP) is 3.95. The van der Waals surface area contributed by atoms with Crippen LogP contribution < -0.4 is 10.1 Å². The molecule has 4 amide bonds. The molecule has 9 heteroatoms. The molecule has 2 fully saturated rings. The summed E-state index contributed by atoms with van der Waals surface area (Å²) in [5.74, 6) is 2.97. The second-order valence-corrected chi connectivity index (χ2v) is 11.2. The first kappa shape index (κ1) is 30.6. The third-order valence-electron chi connectivity index (χ3n) is 8.24. The molecule has 3 aromatic carbocycles. The Bertz CT molecular complexity index is 1550. The van der Waals surface area contributed by atoms with Gasteiger partial charge in [-0.2, -0.15) is 5.01 Å². The molecule has 0 unspecified atom stereocenters. The molecule has 2 aliphatic heterocycles. The van der Waals surface area contributed by atoms with Gasteiger partial charge in [-0.3, -0.25) is 14.6 Å². The number of carbonyl (C=O) groups is 3. The number of amides is 4. The van der Waals surface area contributed by atoms with E-state index in [1.807, 2.05) is 86.6 Å². The van der Waals surface area contributed by atoms with E-state index in [4.69, 9.17) is 11.2 Å². The van der Waals surface area contributed by atoms with Crippen molar-refractivity contribution in [3.05, 3.63) is 101 Å². The summed E-state index contributed by atoms with van der Waals surface area (Å²) in [6.07, 6.45) is 6.41. The molecule has 5 rings (SSSR count). The van der Waals surface area contributed by atoms with Gasteiger partial charge in [0.1, 0.15) is 18.0 Å². The van der Waals surface area contributed by atoms with Crippen molar-refractivity contribution in [1.29, 1.82) is 0 Å². The zero-order valence-electron chi connectivity index (χ0n) is 25.5. The number of hydrogen-bond donors (Lipinski definition) is 1. The molecule has 0 radical (unpaired) electrons. The van der Waals surface area contributed by atoms with Gasteiger partial charge in [0, 0.05) is 26.6 Å². The summed E-state index contributed by atoms with van der Waals surface area (Å²) in [7, 11) is 1.66. The van der Waals surface area contributed by atoms with E-state index in [9.17, 15) is 14.4 Å². The van der Waals surface area contributed by atoms with Crippen LogP contribution in [0, 0.1) is 19.3 Å². The smallest absolute Gasteiger partial charge is 0.332 e. The Morgan fingerprint density at radius 2 is 1.82 bits per heavy atom. The van der Waals surface area contributed by atoms with Crippen LogP contribution in [-0.4, -0.2) is 76.6 Å². The lowest BCUT2D eigenvalue weighted by atomic mass is 9.97. The standard InChI is InChI=1S/C35H39N5O4/c1-5-18-44-31-19-27(16-17-28(31)6-2)22-38-23-32-39(37(4)35(43)36-21-26-13-8-7-9-14-26)24-33(41)40(32)30(34(38)42)20-29-15-11-10-12-25(29)3/h2,7-17,19,30,32H,5,18,20-24H2,1,3-4H3,(H,36,43)/t30-,32+/m0/s1. The zero-order chi connectivity index (χ0) is 31.2. The number of hydrogen-bond acceptors (Lipinski definition) is 5. The zero-order valence-corrected chi connectivity index (χ0v) is 25.5. The van der Waals surface area contributed by atoms with Gasteiger partial charge in [-0.1, -0.05) is 73.5 Å². The highest BCUT2D eigenvalue weighted by atomic mass is 16.5. The average molecular weight is 594 g/mol. The normalized spacial score (nSPS) is 18.1. The van der Waals surface area contributed by atoms with Crippen molar-refractivity contribution >= 4 is 17.8 Å². The van der Waals surface area contributed by atoms with Gasteiger partial charge in [-0.25, -0.2) is 4.79 Å². The van der Waals surface area contributed by atoms with Crippen molar-refractivity contribution in [3.8, 4) is 18.1 Å². The van der Waals surface area contributed by atoms with Crippen LogP contribution in [0.15, 0.2) is 72.8 Å². The van der Waals surface area contributed by atoms with Crippen LogP contribution in [-0.2, 0) is 29.1 Å². The minimum atomic E-state index is -0.714. The first-order valence-corrected chi connectivity index (χ1v) is 15.0. The van der Waals surface area contributed by atoms with Crippen LogP contribution in [0.1, 0.15) is 41.2 Å². The second kappa shape index (κ2) is 13.7. The Kier molecular flexibility index (Phi) is 9.51. The summed E-state index contributed by atoms with van der Waals surface area (Å²) in [6, 6.07) is 22.1. The number of urea groups is 1. The van der Waals surface area contributed by atoms with Crippen molar-refractivity contribution in [1.82, 2.24) is 25.1 Å². The van der Waals surface area contributed by atoms with Gasteiger partial charge in [0.2, 0.25) is 11.8 Å². The lowest BCUT2D eigenvalue weighted by molar-refractivity contribution is -0.157. The van der Waals surface area contributed by atoms with E-state index in [0.29, 0.717) is 37.4 Å². The number of benzene rings is 3. The van der Waals surface area contributed by atoms with Crippen LogP contribution in [0.5, 0.6) is 5.75 Å². The van der Waals surface area contributed by atoms with E-state index in [1.54, 1.807) is 21.9 Å². The molecule has 2 heterocycles. The summed E-state index contributed by atoms with van der Waals surface area (Å²) in [6.45, 7) is 5.48. The van der Waals surface area contributed by atoms with E-state index < -0.39 is 12.2 Å². The molecular weight excluding hydrogens is 554 g/mol. The number of terminal acetylenes is 1. The summed E-state index contributed by atoms with van der Waals surface area (Å²) >= 11 is 0. The fourth-order valence-corrected chi connectivity index (χ4v) is 5.84. The quantitative estimate of drug-likeness (QED) is 0.360. The molecule has 0 aromatic heterocycles. The number of hydrazine groups is 1. The van der Waals surface area contributed by atoms with Crippen molar-refractivity contribution < 1.29 is 19.1 Å². The first-order chi connectivity index (χ1) is 21.3. The maximum absolute atomic E-state index is 14.1. The van der Waals surface area contributed by atoms with Crippen molar-refractivity contribution in [2.24, 2.45) is 0 Å². The number of aryl methyl sites for hydroxylation is 1. The molecule has 3 aromatic rings. The molecule has 0 bridgehead atoms. The van der Waals surface area contributed by atoms with Crippen LogP contribution in [0.4, 0.5) is 4.79 Å². The Morgan fingerprint density at radius 3 is 2.55 bits per heavy atom. The highest BCUT2D eigenvalue weighted by Crippen LogP contribution is 2.31. The Hall–Kier alpha value is -4.81. The molecule has 0 saturated carbocycles. The van der Waals surface area contributed by atoms with Crippen LogP contribution in [0.2, 0.25) is 0 Å². The van der Waals surface area contributed by atoms with Gasteiger partial charge >= 0.3 is 6.03 Å². The van der Waals surface area contributed by atoms with Gasteiger partial charge in [-0.15, -0.1) is 6.42 Å². The number of carbonyl (C=O) groups excluding carboxylic acids is 3. The minimum absolute atomic E-state index is 0.00279. The van der Waals surface area contributed by atoms with Crippen molar-refractivity contribution in [2.45, 2.75) is 52.0 Å². The monoisotopic (exact) mass is 593 g/mol. The first-order valence-electron chi connectivity index (χ1n) is 15.0. The molecule has 1 N–H and O–H groups in total. The molecule has 2 aliphatic rings. The number of rotatable bonds is 10. The van der Waals surface area contributed by atoms with Crippen molar-refractivity contribution in [2.75, 3.05) is 26.7 Å². The Balaban J connectivity index is 1.42. The third-order valence-corrected chi connectivity index (χ3v) is 8.24. The van der Waals surface area contributed by atoms with E-state index >= 15 is 0 Å². The van der Waals surface area contributed by atoms with E-state index in [2.05, 4.69) is 11.2 Å². The number of nitrogens with zero attached hydrogens (tertiary/aromatic N) is 4. The predicted molar refractivity (Wildman–Crippen MR) is 168 cm³/mol. The third kappa shape index (κ3) is 6.56. The summed E-state index contributed by atoms with van der Waals surface area (Å²) < 4.78 is 5.90. The molecule has 0 aliphatic carbocycles. The number of ether oxygens (including phenoxy) is 1. The van der Waals surface area contributed by atoms with Gasteiger partial charge in [0.25, 0.3) is 0 Å². The van der Waals surface area contributed by atoms with Gasteiger partial charge < -0.3 is 19.9 Å². The minimum Gasteiger partial charge on any atom is -0.492 e. The fourth-order valence-electron chi connectivity index (χ4n) is 5.84. The average Bonchev–Trinajstić information content (AvgIpc) is 3.37. The maximum Gasteiger partial charge on any atom is 0.332 e. The number of piperazine rings is 1. The molecule has 0 spiro atoms. The number of fused-ring (bicyclic) bond motifs is 1. The van der Waals surface area contributed by atoms with Crippen LogP contribution >= 0.6 is 0 Å². The summed E-state index contributed by atoms with van der Waals surface area (Å²) in [5.41, 5.74) is 4.56. The Labute approximate surface area is 259 Å².